The molecule has 21 heavy (non-hydrogen) atoms. The molecule has 0 unspecified atom stereocenters. The second-order valence-corrected chi connectivity index (χ2v) is 9.10. The highest BCUT2D eigenvalue weighted by atomic mass is 14.9. The van der Waals surface area contributed by atoms with Crippen LogP contribution in [-0.4, -0.2) is 13.1 Å². The summed E-state index contributed by atoms with van der Waals surface area (Å²) in [7, 11) is 0. The maximum absolute atomic E-state index is 3.74. The van der Waals surface area contributed by atoms with E-state index >= 15 is 0 Å². The molecule has 0 aromatic heterocycles. The van der Waals surface area contributed by atoms with Gasteiger partial charge in [0.05, 0.1) is 0 Å². The van der Waals surface area contributed by atoms with Crippen LogP contribution in [0.4, 0.5) is 0 Å². The van der Waals surface area contributed by atoms with Crippen molar-refractivity contribution in [1.29, 1.82) is 0 Å². The number of hydrogen-bond donors (Lipinski definition) is 1. The largest absolute Gasteiger partial charge is 0.316 e. The standard InChI is InChI=1S/C20H41N/c1-7-15-21-16-20(12-8-9-17(2)3)13-10-18(11-14-20)19(4,5)6/h17-18,21H,7-16H2,1-6H3. The molecule has 1 aliphatic rings. The van der Waals surface area contributed by atoms with E-state index in [4.69, 9.17) is 0 Å². The van der Waals surface area contributed by atoms with Crippen molar-refractivity contribution < 1.29 is 0 Å². The summed E-state index contributed by atoms with van der Waals surface area (Å²) in [5.74, 6) is 1.79. The Morgan fingerprint density at radius 2 is 1.76 bits per heavy atom. The molecular weight excluding hydrogens is 254 g/mol. The maximum atomic E-state index is 3.74. The molecule has 0 atom stereocenters. The lowest BCUT2D eigenvalue weighted by Crippen LogP contribution is -2.40. The second-order valence-electron chi connectivity index (χ2n) is 9.10. The first-order valence-electron chi connectivity index (χ1n) is 9.50. The first kappa shape index (κ1) is 19.0. The van der Waals surface area contributed by atoms with Crippen LogP contribution in [0.2, 0.25) is 0 Å². The minimum atomic E-state index is 0.501. The average Bonchev–Trinajstić information content (AvgIpc) is 2.38. The zero-order valence-electron chi connectivity index (χ0n) is 15.7. The van der Waals surface area contributed by atoms with Crippen LogP contribution in [0.5, 0.6) is 0 Å². The van der Waals surface area contributed by atoms with Crippen LogP contribution in [-0.2, 0) is 0 Å². The molecule has 0 bridgehead atoms. The van der Waals surface area contributed by atoms with Crippen molar-refractivity contribution in [1.82, 2.24) is 5.32 Å². The lowest BCUT2D eigenvalue weighted by Gasteiger charge is -2.44. The van der Waals surface area contributed by atoms with Gasteiger partial charge in [0, 0.05) is 6.54 Å². The fourth-order valence-corrected chi connectivity index (χ4v) is 4.03. The van der Waals surface area contributed by atoms with Crippen molar-refractivity contribution in [3.8, 4) is 0 Å². The van der Waals surface area contributed by atoms with E-state index < -0.39 is 0 Å². The smallest absolute Gasteiger partial charge is 0.000781 e. The van der Waals surface area contributed by atoms with E-state index in [0.29, 0.717) is 10.8 Å². The zero-order valence-corrected chi connectivity index (χ0v) is 15.7. The molecule has 0 heterocycles. The van der Waals surface area contributed by atoms with E-state index in [1.165, 1.54) is 64.5 Å². The van der Waals surface area contributed by atoms with E-state index in [9.17, 15) is 0 Å². The van der Waals surface area contributed by atoms with E-state index in [1.807, 2.05) is 0 Å². The van der Waals surface area contributed by atoms with Crippen molar-refractivity contribution in [2.75, 3.05) is 13.1 Å². The summed E-state index contributed by atoms with van der Waals surface area (Å²) < 4.78 is 0. The Bertz CT molecular complexity index is 266. The van der Waals surface area contributed by atoms with Gasteiger partial charge in [-0.1, -0.05) is 54.4 Å². The quantitative estimate of drug-likeness (QED) is 0.539. The van der Waals surface area contributed by atoms with E-state index in [2.05, 4.69) is 46.9 Å². The second kappa shape index (κ2) is 8.56. The summed E-state index contributed by atoms with van der Waals surface area (Å²) in [4.78, 5) is 0. The van der Waals surface area contributed by atoms with Crippen LogP contribution < -0.4 is 5.32 Å². The van der Waals surface area contributed by atoms with Gasteiger partial charge in [-0.3, -0.25) is 0 Å². The first-order valence-corrected chi connectivity index (χ1v) is 9.50. The predicted molar refractivity (Wildman–Crippen MR) is 95.7 cm³/mol. The molecule has 0 amide bonds. The SMILES string of the molecule is CCCNCC1(CCCC(C)C)CCC(C(C)(C)C)CC1. The van der Waals surface area contributed by atoms with Crippen molar-refractivity contribution in [3.05, 3.63) is 0 Å². The van der Waals surface area contributed by atoms with Crippen LogP contribution >= 0.6 is 0 Å². The predicted octanol–water partition coefficient (Wildman–Crippen LogP) is 6.04. The lowest BCUT2D eigenvalue weighted by atomic mass is 9.62. The summed E-state index contributed by atoms with van der Waals surface area (Å²) >= 11 is 0. The highest BCUT2D eigenvalue weighted by molar-refractivity contribution is 4.90. The van der Waals surface area contributed by atoms with Gasteiger partial charge in [-0.25, -0.2) is 0 Å². The van der Waals surface area contributed by atoms with Crippen molar-refractivity contribution >= 4 is 0 Å². The molecule has 1 heteroatoms. The summed E-state index contributed by atoms with van der Waals surface area (Å²) in [6.07, 6.45) is 11.3. The lowest BCUT2D eigenvalue weighted by molar-refractivity contribution is 0.0770. The van der Waals surface area contributed by atoms with Crippen molar-refractivity contribution in [2.24, 2.45) is 22.7 Å². The molecular formula is C20H41N. The summed E-state index contributed by atoms with van der Waals surface area (Å²) in [6, 6.07) is 0. The van der Waals surface area contributed by atoms with Gasteiger partial charge in [0.15, 0.2) is 0 Å². The molecule has 1 fully saturated rings. The Labute approximate surface area is 134 Å². The Hall–Kier alpha value is -0.0400. The molecule has 1 saturated carbocycles. The molecule has 0 aliphatic heterocycles. The summed E-state index contributed by atoms with van der Waals surface area (Å²) in [5, 5.41) is 3.74. The third kappa shape index (κ3) is 6.72. The first-order chi connectivity index (χ1) is 9.79. The van der Waals surface area contributed by atoms with Crippen LogP contribution in [0.25, 0.3) is 0 Å². The third-order valence-electron chi connectivity index (χ3n) is 5.69. The minimum Gasteiger partial charge on any atom is -0.316 e. The molecule has 0 radical (unpaired) electrons. The molecule has 0 aromatic rings. The highest BCUT2D eigenvalue weighted by Crippen LogP contribution is 2.47. The molecule has 0 saturated heterocycles. The third-order valence-corrected chi connectivity index (χ3v) is 5.69. The Kier molecular flexibility index (Phi) is 7.74. The number of hydrogen-bond acceptors (Lipinski definition) is 1. The Morgan fingerprint density at radius 1 is 1.14 bits per heavy atom. The van der Waals surface area contributed by atoms with Gasteiger partial charge in [0.2, 0.25) is 0 Å². The van der Waals surface area contributed by atoms with Gasteiger partial charge in [0.25, 0.3) is 0 Å². The normalized spacial score (nSPS) is 27.3. The highest BCUT2D eigenvalue weighted by Gasteiger charge is 2.37. The van der Waals surface area contributed by atoms with Gasteiger partial charge in [-0.2, -0.15) is 0 Å². The molecule has 1 nitrogen and oxygen atoms in total. The zero-order chi connectivity index (χ0) is 15.9. The van der Waals surface area contributed by atoms with E-state index in [0.717, 1.165) is 11.8 Å². The molecule has 0 spiro atoms. The fourth-order valence-electron chi connectivity index (χ4n) is 4.03. The van der Waals surface area contributed by atoms with Crippen LogP contribution in [0.3, 0.4) is 0 Å². The fraction of sp³-hybridized carbons (Fsp3) is 1.00. The van der Waals surface area contributed by atoms with E-state index in [1.54, 1.807) is 0 Å². The number of rotatable bonds is 8. The molecule has 1 N–H and O–H groups in total. The van der Waals surface area contributed by atoms with Gasteiger partial charge in [-0.15, -0.1) is 0 Å². The minimum absolute atomic E-state index is 0.501. The molecule has 1 rings (SSSR count). The molecule has 1 aliphatic carbocycles. The molecule has 0 aromatic carbocycles. The summed E-state index contributed by atoms with van der Waals surface area (Å²) in [6.45, 7) is 16.7. The number of nitrogens with one attached hydrogen (secondary N) is 1. The van der Waals surface area contributed by atoms with Gasteiger partial charge < -0.3 is 5.32 Å². The summed E-state index contributed by atoms with van der Waals surface area (Å²) in [5.41, 5.74) is 1.10. The Balaban J connectivity index is 2.54. The van der Waals surface area contributed by atoms with Crippen LogP contribution in [0.1, 0.15) is 92.9 Å². The van der Waals surface area contributed by atoms with Gasteiger partial charge in [0.1, 0.15) is 0 Å². The van der Waals surface area contributed by atoms with Crippen molar-refractivity contribution in [3.63, 3.8) is 0 Å². The Morgan fingerprint density at radius 3 is 2.24 bits per heavy atom. The van der Waals surface area contributed by atoms with Gasteiger partial charge >= 0.3 is 0 Å². The molecule has 126 valence electrons. The van der Waals surface area contributed by atoms with Crippen LogP contribution in [0, 0.1) is 22.7 Å². The van der Waals surface area contributed by atoms with Gasteiger partial charge in [-0.05, 0) is 67.7 Å². The monoisotopic (exact) mass is 295 g/mol. The maximum Gasteiger partial charge on any atom is 0.000781 e. The topological polar surface area (TPSA) is 12.0 Å². The van der Waals surface area contributed by atoms with Crippen molar-refractivity contribution in [2.45, 2.75) is 92.9 Å². The average molecular weight is 296 g/mol. The van der Waals surface area contributed by atoms with E-state index in [-0.39, 0.29) is 0 Å². The van der Waals surface area contributed by atoms with Crippen LogP contribution in [0.15, 0.2) is 0 Å².